The molecule has 0 saturated heterocycles. The number of amides is 1. The number of carbonyl (C=O) groups excluding carboxylic acids is 1. The van der Waals surface area contributed by atoms with Crippen LogP contribution >= 0.6 is 0 Å². The Labute approximate surface area is 107 Å². The highest BCUT2D eigenvalue weighted by Gasteiger charge is 2.19. The third-order valence-electron chi connectivity index (χ3n) is 2.55. The summed E-state index contributed by atoms with van der Waals surface area (Å²) in [4.78, 5) is 13.7. The van der Waals surface area contributed by atoms with E-state index in [1.807, 2.05) is 11.9 Å². The molecule has 0 aliphatic rings. The lowest BCUT2D eigenvalue weighted by Crippen LogP contribution is -2.40. The maximum Gasteiger partial charge on any atom is 0.240 e. The zero-order chi connectivity index (χ0) is 13.8. The van der Waals surface area contributed by atoms with E-state index in [4.69, 9.17) is 10.3 Å². The minimum atomic E-state index is -0.124. The summed E-state index contributed by atoms with van der Waals surface area (Å²) in [6.45, 7) is 7.58. The summed E-state index contributed by atoms with van der Waals surface area (Å²) in [7, 11) is 1.89. The summed E-state index contributed by atoms with van der Waals surface area (Å²) in [5.41, 5.74) is 6.40. The molecule has 1 aromatic rings. The molecule has 0 aliphatic heterocycles. The van der Waals surface area contributed by atoms with Crippen molar-refractivity contribution in [1.29, 1.82) is 0 Å². The van der Waals surface area contributed by atoms with Gasteiger partial charge in [0.05, 0.1) is 12.2 Å². The molecule has 1 amide bonds. The molecule has 0 atom stereocenters. The van der Waals surface area contributed by atoms with E-state index in [1.54, 1.807) is 13.0 Å². The highest BCUT2D eigenvalue weighted by Crippen LogP contribution is 2.14. The van der Waals surface area contributed by atoms with Crippen LogP contribution in [0.1, 0.15) is 19.5 Å². The Morgan fingerprint density at radius 2 is 2.28 bits per heavy atom. The van der Waals surface area contributed by atoms with Gasteiger partial charge in [0.2, 0.25) is 11.8 Å². The highest BCUT2D eigenvalue weighted by atomic mass is 16.5. The van der Waals surface area contributed by atoms with Gasteiger partial charge in [-0.05, 0) is 25.9 Å². The number of hydrogen-bond donors (Lipinski definition) is 2. The Kier molecular flexibility index (Phi) is 4.86. The number of carbonyl (C=O) groups is 1. The maximum absolute atomic E-state index is 11.7. The van der Waals surface area contributed by atoms with Gasteiger partial charge in [-0.3, -0.25) is 15.0 Å². The van der Waals surface area contributed by atoms with Gasteiger partial charge in [-0.25, -0.2) is 0 Å². The minimum Gasteiger partial charge on any atom is -0.338 e. The van der Waals surface area contributed by atoms with Gasteiger partial charge in [-0.15, -0.1) is 0 Å². The van der Waals surface area contributed by atoms with E-state index in [9.17, 15) is 4.79 Å². The quantitative estimate of drug-likeness (QED) is 0.785. The van der Waals surface area contributed by atoms with Crippen LogP contribution in [0, 0.1) is 12.3 Å². The third kappa shape index (κ3) is 4.85. The molecule has 0 radical (unpaired) electrons. The fourth-order valence-electron chi connectivity index (χ4n) is 1.70. The van der Waals surface area contributed by atoms with Gasteiger partial charge in [-0.2, -0.15) is 0 Å². The zero-order valence-electron chi connectivity index (χ0n) is 11.5. The number of rotatable bonds is 6. The molecule has 0 aliphatic carbocycles. The first kappa shape index (κ1) is 14.7. The Morgan fingerprint density at radius 1 is 1.61 bits per heavy atom. The van der Waals surface area contributed by atoms with Gasteiger partial charge in [0, 0.05) is 12.6 Å². The summed E-state index contributed by atoms with van der Waals surface area (Å²) < 4.78 is 4.92. The molecule has 1 rings (SSSR count). The highest BCUT2D eigenvalue weighted by molar-refractivity contribution is 5.90. The monoisotopic (exact) mass is 254 g/mol. The fraction of sp³-hybridized carbons (Fsp3) is 0.667. The molecule has 1 aromatic heterocycles. The molecular weight excluding hydrogens is 232 g/mol. The van der Waals surface area contributed by atoms with Crippen molar-refractivity contribution in [2.24, 2.45) is 11.1 Å². The molecule has 1 heterocycles. The molecule has 0 bridgehead atoms. The van der Waals surface area contributed by atoms with Crippen LogP contribution in [0.5, 0.6) is 0 Å². The standard InChI is InChI=1S/C12H22N4O2/c1-9-5-11(18-15-9)14-10(17)6-16(4)8-12(2,3)7-13/h5H,6-8,13H2,1-4H3,(H,14,17). The molecule has 0 unspecified atom stereocenters. The Hall–Kier alpha value is -1.40. The molecular formula is C12H22N4O2. The van der Waals surface area contributed by atoms with E-state index in [0.29, 0.717) is 19.0 Å². The Bertz CT molecular complexity index is 401. The average molecular weight is 254 g/mol. The van der Waals surface area contributed by atoms with Crippen LogP contribution in [-0.2, 0) is 4.79 Å². The third-order valence-corrected chi connectivity index (χ3v) is 2.55. The summed E-state index contributed by atoms with van der Waals surface area (Å²) in [6, 6.07) is 1.68. The SMILES string of the molecule is Cc1cc(NC(=O)CN(C)CC(C)(C)CN)on1. The number of nitrogens with one attached hydrogen (secondary N) is 1. The van der Waals surface area contributed by atoms with Crippen molar-refractivity contribution in [3.63, 3.8) is 0 Å². The van der Waals surface area contributed by atoms with Crippen molar-refractivity contribution in [2.45, 2.75) is 20.8 Å². The van der Waals surface area contributed by atoms with Gasteiger partial charge in [0.1, 0.15) is 0 Å². The first-order valence-corrected chi connectivity index (χ1v) is 5.94. The second-order valence-corrected chi connectivity index (χ2v) is 5.42. The smallest absolute Gasteiger partial charge is 0.240 e. The first-order chi connectivity index (χ1) is 8.32. The van der Waals surface area contributed by atoms with Crippen LogP contribution in [0.2, 0.25) is 0 Å². The normalized spacial score (nSPS) is 11.9. The number of nitrogens with two attached hydrogens (primary N) is 1. The van der Waals surface area contributed by atoms with E-state index >= 15 is 0 Å². The fourth-order valence-corrected chi connectivity index (χ4v) is 1.70. The number of aryl methyl sites for hydroxylation is 1. The predicted molar refractivity (Wildman–Crippen MR) is 70.2 cm³/mol. The van der Waals surface area contributed by atoms with Crippen LogP contribution in [0.25, 0.3) is 0 Å². The van der Waals surface area contributed by atoms with E-state index in [-0.39, 0.29) is 11.3 Å². The van der Waals surface area contributed by atoms with Crippen molar-refractivity contribution in [1.82, 2.24) is 10.1 Å². The number of anilines is 1. The number of likely N-dealkylation sites (N-methyl/N-ethyl adjacent to an activating group) is 1. The zero-order valence-corrected chi connectivity index (χ0v) is 11.5. The number of aromatic nitrogens is 1. The van der Waals surface area contributed by atoms with E-state index in [2.05, 4.69) is 24.3 Å². The van der Waals surface area contributed by atoms with E-state index in [0.717, 1.165) is 12.2 Å². The van der Waals surface area contributed by atoms with Gasteiger partial charge >= 0.3 is 0 Å². The summed E-state index contributed by atoms with van der Waals surface area (Å²) in [5.74, 6) is 0.255. The summed E-state index contributed by atoms with van der Waals surface area (Å²) in [6.07, 6.45) is 0. The number of nitrogens with zero attached hydrogens (tertiary/aromatic N) is 2. The first-order valence-electron chi connectivity index (χ1n) is 5.94. The Morgan fingerprint density at radius 3 is 2.78 bits per heavy atom. The van der Waals surface area contributed by atoms with Gasteiger partial charge in [0.25, 0.3) is 0 Å². The van der Waals surface area contributed by atoms with Crippen molar-refractivity contribution in [2.75, 3.05) is 32.0 Å². The molecule has 102 valence electrons. The molecule has 0 spiro atoms. The van der Waals surface area contributed by atoms with Crippen LogP contribution in [0.4, 0.5) is 5.88 Å². The average Bonchev–Trinajstić information content (AvgIpc) is 2.62. The van der Waals surface area contributed by atoms with E-state index < -0.39 is 0 Å². The number of hydrogen-bond acceptors (Lipinski definition) is 5. The molecule has 18 heavy (non-hydrogen) atoms. The van der Waals surface area contributed by atoms with E-state index in [1.165, 1.54) is 0 Å². The molecule has 3 N–H and O–H groups in total. The molecule has 0 saturated carbocycles. The van der Waals surface area contributed by atoms with Crippen LogP contribution in [0.3, 0.4) is 0 Å². The maximum atomic E-state index is 11.7. The topological polar surface area (TPSA) is 84.4 Å². The lowest BCUT2D eigenvalue weighted by atomic mass is 9.93. The summed E-state index contributed by atoms with van der Waals surface area (Å²) >= 11 is 0. The van der Waals surface area contributed by atoms with Crippen molar-refractivity contribution in [3.05, 3.63) is 11.8 Å². The molecule has 0 aromatic carbocycles. The van der Waals surface area contributed by atoms with Crippen LogP contribution in [-0.4, -0.2) is 42.6 Å². The summed E-state index contributed by atoms with van der Waals surface area (Å²) in [5, 5.41) is 6.36. The van der Waals surface area contributed by atoms with Crippen LogP contribution in [0.15, 0.2) is 10.6 Å². The lowest BCUT2D eigenvalue weighted by Gasteiger charge is -2.28. The molecule has 6 nitrogen and oxygen atoms in total. The van der Waals surface area contributed by atoms with Crippen LogP contribution < -0.4 is 11.1 Å². The lowest BCUT2D eigenvalue weighted by molar-refractivity contribution is -0.117. The van der Waals surface area contributed by atoms with Gasteiger partial charge in [0.15, 0.2) is 0 Å². The van der Waals surface area contributed by atoms with Crippen molar-refractivity contribution in [3.8, 4) is 0 Å². The second-order valence-electron chi connectivity index (χ2n) is 5.42. The largest absolute Gasteiger partial charge is 0.338 e. The minimum absolute atomic E-state index is 0.00213. The predicted octanol–water partition coefficient (Wildman–Crippen LogP) is 0.838. The Balaban J connectivity index is 2.40. The molecule has 0 fully saturated rings. The van der Waals surface area contributed by atoms with Crippen molar-refractivity contribution < 1.29 is 9.32 Å². The van der Waals surface area contributed by atoms with Crippen molar-refractivity contribution >= 4 is 11.8 Å². The van der Waals surface area contributed by atoms with Gasteiger partial charge in [-0.1, -0.05) is 19.0 Å². The van der Waals surface area contributed by atoms with Gasteiger partial charge < -0.3 is 10.3 Å². The second kappa shape index (κ2) is 5.97. The molecule has 6 heteroatoms.